The molecule has 0 heterocycles. The van der Waals surface area contributed by atoms with Gasteiger partial charge in [-0.1, -0.05) is 184 Å². The number of carboxylic acid groups (broad SMARTS) is 3. The average Bonchev–Trinajstić information content (AvgIpc) is 3.26. The van der Waals surface area contributed by atoms with Crippen LogP contribution in [-0.2, 0) is 30.6 Å². The van der Waals surface area contributed by atoms with Gasteiger partial charge < -0.3 is 30.6 Å². The fraction of sp³-hybridized carbons (Fsp3) is 0.661. The number of aliphatic carboxylic acids is 3. The van der Waals surface area contributed by atoms with E-state index in [1.165, 1.54) is 51.4 Å². The highest BCUT2D eigenvalue weighted by molar-refractivity contribution is 8.00. The largest absolute Gasteiger partial charge is 0.507 e. The number of hydrogen-bond acceptors (Lipinski definition) is 7. The van der Waals surface area contributed by atoms with E-state index in [-0.39, 0.29) is 40.5 Å². The molecule has 4 atom stereocenters. The van der Waals surface area contributed by atoms with E-state index >= 15 is 0 Å². The lowest BCUT2D eigenvalue weighted by Gasteiger charge is -2.51. The summed E-state index contributed by atoms with van der Waals surface area (Å²) in [6, 6.07) is 5.41. The van der Waals surface area contributed by atoms with Gasteiger partial charge in [0.1, 0.15) is 17.2 Å². The highest BCUT2D eigenvalue weighted by atomic mass is 32.2. The lowest BCUT2D eigenvalue weighted by atomic mass is 9.59. The summed E-state index contributed by atoms with van der Waals surface area (Å²) in [6.07, 6.45) is 15.5. The van der Waals surface area contributed by atoms with Crippen LogP contribution in [0.15, 0.2) is 18.2 Å². The topological polar surface area (TPSA) is 173 Å². The van der Waals surface area contributed by atoms with Crippen molar-refractivity contribution in [1.29, 1.82) is 0 Å². The lowest BCUT2D eigenvalue weighted by Crippen LogP contribution is -2.55. The molecule has 9 nitrogen and oxygen atoms in total. The third-order valence-corrected chi connectivity index (χ3v) is 17.2. The van der Waals surface area contributed by atoms with Crippen LogP contribution in [0.5, 0.6) is 17.2 Å². The summed E-state index contributed by atoms with van der Waals surface area (Å²) in [5.41, 5.74) is 3.65. The van der Waals surface area contributed by atoms with E-state index in [2.05, 4.69) is 6.92 Å². The van der Waals surface area contributed by atoms with Gasteiger partial charge in [-0.15, -0.1) is 0 Å². The number of aromatic hydroxyl groups is 3. The molecule has 404 valence electrons. The molecule has 4 unspecified atom stereocenters. The van der Waals surface area contributed by atoms with Gasteiger partial charge in [-0.05, 0) is 143 Å². The Hall–Kier alpha value is -4.18. The molecule has 0 amide bonds. The number of phenols is 3. The van der Waals surface area contributed by atoms with Gasteiger partial charge in [-0.3, -0.25) is 14.4 Å². The summed E-state index contributed by atoms with van der Waals surface area (Å²) in [5.74, 6) is -10.1. The van der Waals surface area contributed by atoms with Gasteiger partial charge in [0.25, 0.3) is 0 Å². The molecule has 0 saturated carbocycles. The molecule has 10 heteroatoms. The molecule has 0 aromatic heterocycles. The fourth-order valence-corrected chi connectivity index (χ4v) is 13.7. The van der Waals surface area contributed by atoms with Crippen molar-refractivity contribution in [2.24, 2.45) is 5.92 Å². The number of aryl methyl sites for hydroxylation is 3. The molecule has 0 spiro atoms. The standard InChI is InChI=1S/C62H96O9S/c1-18-20-21-22-23-24-25-26-27-28-29-30-31-32-33-43(50(56(66)67)47-37(3)34-44(59(9,10)11)53(63)40(47)6)62(72-19-2,51(57(68)69)48-38(4)35-45(60(12,13)14)54(64)41(48)7)52(58(70)71)49-39(5)36-46(61(15,16)17)55(65)42(49)8/h34-36,43,50-52,63-65H,18-33H2,1-17H3,(H,66,67)(H,68,69)(H,70,71). The smallest absolute Gasteiger partial charge is 0.312 e. The molecule has 0 aliphatic carbocycles. The zero-order chi connectivity index (χ0) is 54.8. The van der Waals surface area contributed by atoms with Crippen molar-refractivity contribution in [2.75, 3.05) is 5.75 Å². The number of thioether (sulfide) groups is 1. The maximum atomic E-state index is 15.0. The van der Waals surface area contributed by atoms with Gasteiger partial charge in [0.05, 0.1) is 22.5 Å². The van der Waals surface area contributed by atoms with Crippen LogP contribution < -0.4 is 0 Å². The van der Waals surface area contributed by atoms with Crippen LogP contribution in [0, 0.1) is 47.5 Å². The van der Waals surface area contributed by atoms with E-state index < -0.39 is 62.6 Å². The van der Waals surface area contributed by atoms with Crippen LogP contribution >= 0.6 is 11.8 Å². The molecule has 0 radical (unpaired) electrons. The minimum absolute atomic E-state index is 0.0494. The second kappa shape index (κ2) is 25.9. The quantitative estimate of drug-likeness (QED) is 0.0404. The minimum atomic E-state index is -2.01. The maximum absolute atomic E-state index is 15.0. The third-order valence-electron chi connectivity index (χ3n) is 15.6. The molecule has 3 rings (SSSR count). The molecular formula is C62H96O9S. The number of phenolic OH excluding ortho intramolecular Hbond substituents is 3. The number of carboxylic acids is 3. The summed E-state index contributed by atoms with van der Waals surface area (Å²) in [6.45, 7) is 32.2. The van der Waals surface area contributed by atoms with E-state index in [0.29, 0.717) is 68.5 Å². The third kappa shape index (κ3) is 14.1. The lowest BCUT2D eigenvalue weighted by molar-refractivity contribution is -0.147. The van der Waals surface area contributed by atoms with Crippen molar-refractivity contribution in [1.82, 2.24) is 0 Å². The molecule has 6 N–H and O–H groups in total. The Morgan fingerprint density at radius 2 is 0.750 bits per heavy atom. The average molecular weight is 1020 g/mol. The van der Waals surface area contributed by atoms with Crippen LogP contribution in [0.1, 0.15) is 257 Å². The summed E-state index contributed by atoms with van der Waals surface area (Å²) in [4.78, 5) is 44.6. The normalized spacial score (nSPS) is 15.0. The zero-order valence-electron chi connectivity index (χ0n) is 47.7. The van der Waals surface area contributed by atoms with Crippen LogP contribution in [0.3, 0.4) is 0 Å². The van der Waals surface area contributed by atoms with E-state index in [1.807, 2.05) is 82.2 Å². The first-order valence-electron chi connectivity index (χ1n) is 27.2. The Bertz CT molecular complexity index is 2250. The van der Waals surface area contributed by atoms with E-state index in [9.17, 15) is 45.0 Å². The molecule has 0 saturated heterocycles. The Morgan fingerprint density at radius 3 is 1.03 bits per heavy atom. The Morgan fingerprint density at radius 1 is 0.458 bits per heavy atom. The van der Waals surface area contributed by atoms with Crippen molar-refractivity contribution in [3.05, 3.63) is 85.0 Å². The van der Waals surface area contributed by atoms with Crippen molar-refractivity contribution in [3.8, 4) is 17.2 Å². The van der Waals surface area contributed by atoms with Crippen molar-refractivity contribution in [3.63, 3.8) is 0 Å². The molecule has 0 aliphatic heterocycles. The van der Waals surface area contributed by atoms with Crippen LogP contribution in [0.4, 0.5) is 0 Å². The van der Waals surface area contributed by atoms with Gasteiger partial charge in [0.2, 0.25) is 0 Å². The summed E-state index contributed by atoms with van der Waals surface area (Å²) < 4.78 is -2.01. The van der Waals surface area contributed by atoms with Crippen LogP contribution in [-0.4, -0.2) is 59.0 Å². The van der Waals surface area contributed by atoms with Gasteiger partial charge in [-0.2, -0.15) is 11.8 Å². The molecule has 3 aromatic rings. The van der Waals surface area contributed by atoms with Gasteiger partial charge in [-0.25, -0.2) is 0 Å². The molecule has 3 aromatic carbocycles. The highest BCUT2D eigenvalue weighted by Crippen LogP contribution is 2.62. The summed E-state index contributed by atoms with van der Waals surface area (Å²) in [7, 11) is 0. The van der Waals surface area contributed by atoms with Crippen LogP contribution in [0.2, 0.25) is 0 Å². The Labute approximate surface area is 439 Å². The molecular weight excluding hydrogens is 921 g/mol. The first-order valence-corrected chi connectivity index (χ1v) is 28.2. The summed E-state index contributed by atoms with van der Waals surface area (Å²) >= 11 is 1.16. The molecule has 0 fully saturated rings. The first kappa shape index (κ1) is 62.1. The Kier molecular flexibility index (Phi) is 22.3. The van der Waals surface area contributed by atoms with Gasteiger partial charge >= 0.3 is 17.9 Å². The van der Waals surface area contributed by atoms with E-state index in [1.54, 1.807) is 46.8 Å². The van der Waals surface area contributed by atoms with Crippen molar-refractivity contribution < 1.29 is 45.0 Å². The number of hydrogen-bond donors (Lipinski definition) is 6. The number of benzene rings is 3. The second-order valence-electron chi connectivity index (χ2n) is 24.3. The minimum Gasteiger partial charge on any atom is -0.507 e. The van der Waals surface area contributed by atoms with Crippen molar-refractivity contribution in [2.45, 2.75) is 253 Å². The van der Waals surface area contributed by atoms with E-state index in [0.717, 1.165) is 37.4 Å². The van der Waals surface area contributed by atoms with E-state index in [4.69, 9.17) is 0 Å². The Balaban J connectivity index is 2.58. The van der Waals surface area contributed by atoms with Gasteiger partial charge in [0.15, 0.2) is 0 Å². The predicted octanol–water partition coefficient (Wildman–Crippen LogP) is 16.4. The summed E-state index contributed by atoms with van der Waals surface area (Å²) in [5, 5.41) is 72.7. The number of unbranched alkanes of at least 4 members (excludes halogenated alkanes) is 13. The predicted molar refractivity (Wildman–Crippen MR) is 299 cm³/mol. The van der Waals surface area contributed by atoms with Crippen molar-refractivity contribution >= 4 is 29.7 Å². The molecule has 0 bridgehead atoms. The fourth-order valence-electron chi connectivity index (χ4n) is 12.0. The number of carbonyl (C=O) groups is 3. The SMILES string of the molecule is CCCCCCCCCCCCCCCCC(C(C(=O)O)c1c(C)cc(C(C)(C)C)c(O)c1C)C(SCC)(C(C(=O)O)c1c(C)cc(C(C)(C)C)c(O)c1C)C(C(=O)O)c1c(C)cc(C(C)(C)C)c(O)c1C. The monoisotopic (exact) mass is 1020 g/mol. The zero-order valence-corrected chi connectivity index (χ0v) is 48.5. The maximum Gasteiger partial charge on any atom is 0.312 e. The first-order chi connectivity index (χ1) is 33.4. The molecule has 72 heavy (non-hydrogen) atoms. The van der Waals surface area contributed by atoms with Crippen LogP contribution in [0.25, 0.3) is 0 Å². The van der Waals surface area contributed by atoms with Gasteiger partial charge in [0, 0.05) is 0 Å². The highest BCUT2D eigenvalue weighted by Gasteiger charge is 2.62. The number of rotatable bonds is 27. The second-order valence-corrected chi connectivity index (χ2v) is 25.8. The molecule has 0 aliphatic rings.